The molecule has 1 heterocycles. The maximum atomic E-state index is 11.1. The minimum absolute atomic E-state index is 0.716. The summed E-state index contributed by atoms with van der Waals surface area (Å²) in [4.78, 5) is 11.1. The van der Waals surface area contributed by atoms with Gasteiger partial charge >= 0.3 is 0 Å². The number of aldehydes is 1. The Kier molecular flexibility index (Phi) is 2.35. The van der Waals surface area contributed by atoms with E-state index in [2.05, 4.69) is 0 Å². The first-order valence-electron chi connectivity index (χ1n) is 5.15. The number of fused-ring (bicyclic) bond motifs is 1. The van der Waals surface area contributed by atoms with Crippen molar-refractivity contribution >= 4 is 17.3 Å². The van der Waals surface area contributed by atoms with Crippen molar-refractivity contribution in [2.45, 2.75) is 27.2 Å². The molecule has 0 fully saturated rings. The van der Waals surface area contributed by atoms with Gasteiger partial charge in [-0.05, 0) is 25.0 Å². The van der Waals surface area contributed by atoms with Crippen LogP contribution in [0.2, 0.25) is 0 Å². The molecule has 2 heteroatoms. The van der Waals surface area contributed by atoms with Crippen molar-refractivity contribution in [2.24, 2.45) is 0 Å². The normalized spacial score (nSPS) is 10.9. The van der Waals surface area contributed by atoms with Crippen LogP contribution < -0.4 is 0 Å². The van der Waals surface area contributed by atoms with Gasteiger partial charge in [0.1, 0.15) is 11.3 Å². The smallest absolute Gasteiger partial charge is 0.154 e. The highest BCUT2D eigenvalue weighted by atomic mass is 16.3. The van der Waals surface area contributed by atoms with Gasteiger partial charge in [0.05, 0.1) is 5.56 Å². The number of rotatable bonds is 2. The maximum Gasteiger partial charge on any atom is 0.154 e. The van der Waals surface area contributed by atoms with E-state index in [-0.39, 0.29) is 0 Å². The number of furan rings is 1. The lowest BCUT2D eigenvalue weighted by molar-refractivity contribution is 0.112. The molecule has 0 saturated carbocycles. The van der Waals surface area contributed by atoms with E-state index < -0.39 is 0 Å². The molecule has 15 heavy (non-hydrogen) atoms. The minimum atomic E-state index is 0.716. The number of benzene rings is 1. The molecular weight excluding hydrogens is 188 g/mol. The molecule has 0 saturated heterocycles. The van der Waals surface area contributed by atoms with E-state index in [1.54, 1.807) is 0 Å². The van der Waals surface area contributed by atoms with Gasteiger partial charge in [0, 0.05) is 11.8 Å². The Morgan fingerprint density at radius 1 is 1.27 bits per heavy atom. The Labute approximate surface area is 88.9 Å². The average Bonchev–Trinajstić information content (AvgIpc) is 2.63. The summed E-state index contributed by atoms with van der Waals surface area (Å²) in [5.41, 5.74) is 3.75. The topological polar surface area (TPSA) is 30.2 Å². The van der Waals surface area contributed by atoms with Crippen molar-refractivity contribution in [1.29, 1.82) is 0 Å². The van der Waals surface area contributed by atoms with E-state index >= 15 is 0 Å². The zero-order valence-corrected chi connectivity index (χ0v) is 9.26. The molecule has 1 aromatic carbocycles. The van der Waals surface area contributed by atoms with E-state index in [1.807, 2.05) is 32.9 Å². The number of aryl methyl sites for hydroxylation is 3. The molecule has 78 valence electrons. The number of carbonyl (C=O) groups excluding carboxylic acids is 1. The Hall–Kier alpha value is -1.57. The van der Waals surface area contributed by atoms with Crippen LogP contribution in [0, 0.1) is 13.8 Å². The highest BCUT2D eigenvalue weighted by molar-refractivity contribution is 6.00. The van der Waals surface area contributed by atoms with Gasteiger partial charge in [-0.1, -0.05) is 19.1 Å². The molecule has 0 aliphatic rings. The van der Waals surface area contributed by atoms with Crippen molar-refractivity contribution in [3.8, 4) is 0 Å². The summed E-state index contributed by atoms with van der Waals surface area (Å²) in [5.74, 6) is 0.789. The van der Waals surface area contributed by atoms with Crippen molar-refractivity contribution in [3.05, 3.63) is 34.6 Å². The summed E-state index contributed by atoms with van der Waals surface area (Å²) in [5, 5.41) is 0.974. The highest BCUT2D eigenvalue weighted by Gasteiger charge is 2.15. The molecule has 0 aliphatic heterocycles. The first-order valence-corrected chi connectivity index (χ1v) is 5.15. The summed E-state index contributed by atoms with van der Waals surface area (Å²) < 4.78 is 5.72. The van der Waals surface area contributed by atoms with Gasteiger partial charge in [-0.2, -0.15) is 0 Å². The van der Waals surface area contributed by atoms with E-state index in [0.29, 0.717) is 5.56 Å². The van der Waals surface area contributed by atoms with Crippen LogP contribution in [-0.2, 0) is 6.42 Å². The summed E-state index contributed by atoms with van der Waals surface area (Å²) in [6.45, 7) is 6.00. The van der Waals surface area contributed by atoms with Crippen LogP contribution >= 0.6 is 0 Å². The fraction of sp³-hybridized carbons (Fsp3) is 0.308. The quantitative estimate of drug-likeness (QED) is 0.698. The highest BCUT2D eigenvalue weighted by Crippen LogP contribution is 2.30. The molecule has 2 nitrogen and oxygen atoms in total. The molecule has 0 bridgehead atoms. The molecule has 2 aromatic rings. The summed E-state index contributed by atoms with van der Waals surface area (Å²) in [6, 6.07) is 4.05. The lowest BCUT2D eigenvalue weighted by Crippen LogP contribution is -1.86. The monoisotopic (exact) mass is 202 g/mol. The van der Waals surface area contributed by atoms with Gasteiger partial charge in [0.15, 0.2) is 6.29 Å². The molecule has 2 rings (SSSR count). The largest absolute Gasteiger partial charge is 0.460 e. The molecule has 1 aromatic heterocycles. The number of hydrogen-bond donors (Lipinski definition) is 0. The molecule has 0 spiro atoms. The third kappa shape index (κ3) is 1.37. The van der Waals surface area contributed by atoms with E-state index in [9.17, 15) is 4.79 Å². The van der Waals surface area contributed by atoms with Gasteiger partial charge in [-0.25, -0.2) is 0 Å². The molecule has 0 unspecified atom stereocenters. The maximum absolute atomic E-state index is 11.1. The SMILES string of the molecule is CCc1oc2c(C)ccc(C)c2c1C=O. The zero-order valence-electron chi connectivity index (χ0n) is 9.26. The minimum Gasteiger partial charge on any atom is -0.460 e. The van der Waals surface area contributed by atoms with Crippen LogP contribution in [0.3, 0.4) is 0 Å². The first-order chi connectivity index (χ1) is 7.19. The van der Waals surface area contributed by atoms with Crippen molar-refractivity contribution < 1.29 is 9.21 Å². The third-order valence-corrected chi connectivity index (χ3v) is 2.80. The Morgan fingerprint density at radius 3 is 2.53 bits per heavy atom. The van der Waals surface area contributed by atoms with Gasteiger partial charge in [-0.3, -0.25) is 4.79 Å². The summed E-state index contributed by atoms with van der Waals surface area (Å²) >= 11 is 0. The summed E-state index contributed by atoms with van der Waals surface area (Å²) in [7, 11) is 0. The van der Waals surface area contributed by atoms with Crippen LogP contribution in [0.1, 0.15) is 34.2 Å². The molecule has 0 N–H and O–H groups in total. The third-order valence-electron chi connectivity index (χ3n) is 2.80. The van der Waals surface area contributed by atoms with E-state index in [1.165, 1.54) is 0 Å². The molecule has 0 amide bonds. The predicted molar refractivity (Wildman–Crippen MR) is 60.5 cm³/mol. The lowest BCUT2D eigenvalue weighted by atomic mass is 10.0. The molecular formula is C13H14O2. The van der Waals surface area contributed by atoms with Gasteiger partial charge < -0.3 is 4.42 Å². The van der Waals surface area contributed by atoms with E-state index in [0.717, 1.165) is 40.6 Å². The van der Waals surface area contributed by atoms with Crippen LogP contribution in [0.25, 0.3) is 11.0 Å². The second-order valence-corrected chi connectivity index (χ2v) is 3.81. The zero-order chi connectivity index (χ0) is 11.0. The number of carbonyl (C=O) groups is 1. The fourth-order valence-corrected chi connectivity index (χ4v) is 1.96. The lowest BCUT2D eigenvalue weighted by Gasteiger charge is -1.98. The standard InChI is InChI=1S/C13H14O2/c1-4-11-10(7-14)12-8(2)5-6-9(3)13(12)15-11/h5-7H,4H2,1-3H3. The van der Waals surface area contributed by atoms with Gasteiger partial charge in [0.2, 0.25) is 0 Å². The summed E-state index contributed by atoms with van der Waals surface area (Å²) in [6.07, 6.45) is 1.65. The first kappa shape index (κ1) is 9.97. The molecule has 0 radical (unpaired) electrons. The van der Waals surface area contributed by atoms with Crippen LogP contribution in [0.4, 0.5) is 0 Å². The second-order valence-electron chi connectivity index (χ2n) is 3.81. The van der Waals surface area contributed by atoms with Gasteiger partial charge in [0.25, 0.3) is 0 Å². The predicted octanol–water partition coefficient (Wildman–Crippen LogP) is 3.42. The van der Waals surface area contributed by atoms with Crippen LogP contribution in [0.15, 0.2) is 16.5 Å². The Balaban J connectivity index is 2.94. The van der Waals surface area contributed by atoms with Crippen molar-refractivity contribution in [2.75, 3.05) is 0 Å². The average molecular weight is 202 g/mol. The van der Waals surface area contributed by atoms with Gasteiger partial charge in [-0.15, -0.1) is 0 Å². The Morgan fingerprint density at radius 2 is 1.93 bits per heavy atom. The van der Waals surface area contributed by atoms with Crippen molar-refractivity contribution in [3.63, 3.8) is 0 Å². The molecule has 0 aliphatic carbocycles. The van der Waals surface area contributed by atoms with Crippen LogP contribution in [-0.4, -0.2) is 6.29 Å². The van der Waals surface area contributed by atoms with Crippen molar-refractivity contribution in [1.82, 2.24) is 0 Å². The molecule has 0 atom stereocenters. The van der Waals surface area contributed by atoms with Crippen LogP contribution in [0.5, 0.6) is 0 Å². The van der Waals surface area contributed by atoms with E-state index in [4.69, 9.17) is 4.42 Å². The fourth-order valence-electron chi connectivity index (χ4n) is 1.96. The Bertz CT molecular complexity index is 521. The second kappa shape index (κ2) is 3.54. The number of hydrogen-bond acceptors (Lipinski definition) is 2.